The second-order valence-electron chi connectivity index (χ2n) is 5.64. The molecule has 112 valence electrons. The van der Waals surface area contributed by atoms with Crippen molar-refractivity contribution in [3.05, 3.63) is 23.8 Å². The fourth-order valence-corrected chi connectivity index (χ4v) is 2.88. The van der Waals surface area contributed by atoms with E-state index in [1.807, 2.05) is 12.1 Å². The second-order valence-corrected chi connectivity index (χ2v) is 5.64. The van der Waals surface area contributed by atoms with Crippen LogP contribution in [0.2, 0.25) is 0 Å². The quantitative estimate of drug-likeness (QED) is 0.920. The molecular formula is C16H25NO3. The van der Waals surface area contributed by atoms with Gasteiger partial charge in [0, 0.05) is 19.7 Å². The van der Waals surface area contributed by atoms with E-state index in [0.29, 0.717) is 17.8 Å². The maximum absolute atomic E-state index is 9.68. The smallest absolute Gasteiger partial charge is 0.160 e. The number of phenolic OH excluding ortho intramolecular Hbond substituents is 1. The summed E-state index contributed by atoms with van der Waals surface area (Å²) < 4.78 is 10.8. The minimum Gasteiger partial charge on any atom is -0.504 e. The van der Waals surface area contributed by atoms with E-state index in [9.17, 15) is 5.11 Å². The zero-order valence-corrected chi connectivity index (χ0v) is 12.8. The molecule has 0 saturated carbocycles. The fraction of sp³-hybridized carbons (Fsp3) is 0.625. The highest BCUT2D eigenvalue weighted by Crippen LogP contribution is 2.33. The van der Waals surface area contributed by atoms with Crippen LogP contribution in [-0.4, -0.2) is 43.4 Å². The Bertz CT molecular complexity index is 449. The minimum absolute atomic E-state index is 0.186. The number of hydrogen-bond acceptors (Lipinski definition) is 4. The standard InChI is InChI=1S/C16H25NO3/c1-11-7-8-17(10-16(11)20-4)12(2)13-5-6-14(18)15(9-13)19-3/h5-6,9,11-12,16,18H,7-8,10H2,1-4H3. The van der Waals surface area contributed by atoms with Gasteiger partial charge in [0.1, 0.15) is 0 Å². The van der Waals surface area contributed by atoms with Crippen LogP contribution >= 0.6 is 0 Å². The minimum atomic E-state index is 0.186. The van der Waals surface area contributed by atoms with Gasteiger partial charge in [0.05, 0.1) is 13.2 Å². The largest absolute Gasteiger partial charge is 0.504 e. The Labute approximate surface area is 121 Å². The number of phenols is 1. The zero-order valence-electron chi connectivity index (χ0n) is 12.8. The van der Waals surface area contributed by atoms with Crippen LogP contribution in [0, 0.1) is 5.92 Å². The van der Waals surface area contributed by atoms with Crippen molar-refractivity contribution in [3.63, 3.8) is 0 Å². The van der Waals surface area contributed by atoms with Crippen LogP contribution in [0.3, 0.4) is 0 Å². The van der Waals surface area contributed by atoms with Gasteiger partial charge in [0.15, 0.2) is 11.5 Å². The Morgan fingerprint density at radius 2 is 2.10 bits per heavy atom. The molecule has 1 aromatic carbocycles. The molecule has 1 fully saturated rings. The van der Waals surface area contributed by atoms with Crippen molar-refractivity contribution >= 4 is 0 Å². The van der Waals surface area contributed by atoms with E-state index in [1.165, 1.54) is 0 Å². The summed E-state index contributed by atoms with van der Waals surface area (Å²) in [7, 11) is 3.37. The average molecular weight is 279 g/mol. The number of hydrogen-bond donors (Lipinski definition) is 1. The number of nitrogens with zero attached hydrogens (tertiary/aromatic N) is 1. The number of methoxy groups -OCH3 is 2. The number of aromatic hydroxyl groups is 1. The molecule has 4 heteroatoms. The highest BCUT2D eigenvalue weighted by Gasteiger charge is 2.29. The van der Waals surface area contributed by atoms with E-state index >= 15 is 0 Å². The van der Waals surface area contributed by atoms with E-state index in [1.54, 1.807) is 20.3 Å². The Morgan fingerprint density at radius 1 is 1.35 bits per heavy atom. The molecule has 0 aliphatic carbocycles. The molecule has 0 spiro atoms. The van der Waals surface area contributed by atoms with E-state index < -0.39 is 0 Å². The predicted octanol–water partition coefficient (Wildman–Crippen LogP) is 2.82. The lowest BCUT2D eigenvalue weighted by Gasteiger charge is -2.39. The topological polar surface area (TPSA) is 41.9 Å². The summed E-state index contributed by atoms with van der Waals surface area (Å²) >= 11 is 0. The van der Waals surface area contributed by atoms with Gasteiger partial charge >= 0.3 is 0 Å². The van der Waals surface area contributed by atoms with Crippen molar-refractivity contribution in [2.45, 2.75) is 32.4 Å². The van der Waals surface area contributed by atoms with Gasteiger partial charge < -0.3 is 14.6 Å². The van der Waals surface area contributed by atoms with Crippen LogP contribution in [-0.2, 0) is 4.74 Å². The van der Waals surface area contributed by atoms with Gasteiger partial charge in [0.2, 0.25) is 0 Å². The first-order chi connectivity index (χ1) is 9.56. The summed E-state index contributed by atoms with van der Waals surface area (Å²) in [6.45, 7) is 6.46. The summed E-state index contributed by atoms with van der Waals surface area (Å²) in [5, 5.41) is 9.68. The third kappa shape index (κ3) is 3.07. The van der Waals surface area contributed by atoms with Crippen molar-refractivity contribution in [1.82, 2.24) is 4.90 Å². The van der Waals surface area contributed by atoms with Gasteiger partial charge in [-0.25, -0.2) is 0 Å². The van der Waals surface area contributed by atoms with E-state index in [0.717, 1.165) is 25.1 Å². The van der Waals surface area contributed by atoms with Gasteiger partial charge in [-0.15, -0.1) is 0 Å². The van der Waals surface area contributed by atoms with Crippen LogP contribution in [0.15, 0.2) is 18.2 Å². The molecule has 0 amide bonds. The molecule has 0 radical (unpaired) electrons. The first kappa shape index (κ1) is 15.1. The average Bonchev–Trinajstić information content (AvgIpc) is 2.47. The Kier molecular flexibility index (Phi) is 4.89. The Hall–Kier alpha value is -1.26. The van der Waals surface area contributed by atoms with Gasteiger partial charge in [-0.3, -0.25) is 4.90 Å². The molecule has 1 heterocycles. The predicted molar refractivity (Wildman–Crippen MR) is 79.2 cm³/mol. The van der Waals surface area contributed by atoms with E-state index in [2.05, 4.69) is 18.7 Å². The van der Waals surface area contributed by atoms with Gasteiger partial charge in [0.25, 0.3) is 0 Å². The van der Waals surface area contributed by atoms with Crippen molar-refractivity contribution in [1.29, 1.82) is 0 Å². The summed E-state index contributed by atoms with van der Waals surface area (Å²) in [5.74, 6) is 1.33. The molecule has 2 rings (SSSR count). The molecule has 3 atom stereocenters. The number of rotatable bonds is 4. The third-order valence-corrected chi connectivity index (χ3v) is 4.46. The first-order valence-electron chi connectivity index (χ1n) is 7.20. The lowest BCUT2D eigenvalue weighted by Crippen LogP contribution is -2.44. The molecule has 0 bridgehead atoms. The molecular weight excluding hydrogens is 254 g/mol. The molecule has 1 aliphatic heterocycles. The molecule has 1 saturated heterocycles. The highest BCUT2D eigenvalue weighted by molar-refractivity contribution is 5.42. The van der Waals surface area contributed by atoms with Crippen LogP contribution in [0.1, 0.15) is 31.9 Å². The van der Waals surface area contributed by atoms with Gasteiger partial charge in [-0.2, -0.15) is 0 Å². The Balaban J connectivity index is 2.12. The van der Waals surface area contributed by atoms with Crippen LogP contribution < -0.4 is 4.74 Å². The monoisotopic (exact) mass is 279 g/mol. The van der Waals surface area contributed by atoms with Crippen LogP contribution in [0.25, 0.3) is 0 Å². The summed E-state index contributed by atoms with van der Waals surface area (Å²) in [4.78, 5) is 2.43. The summed E-state index contributed by atoms with van der Waals surface area (Å²) in [6.07, 6.45) is 1.45. The van der Waals surface area contributed by atoms with Gasteiger partial charge in [-0.1, -0.05) is 13.0 Å². The normalized spacial score (nSPS) is 25.4. The van der Waals surface area contributed by atoms with Gasteiger partial charge in [-0.05, 0) is 43.5 Å². The molecule has 3 unspecified atom stereocenters. The van der Waals surface area contributed by atoms with E-state index in [4.69, 9.17) is 9.47 Å². The zero-order chi connectivity index (χ0) is 14.7. The molecule has 1 aliphatic rings. The van der Waals surface area contributed by atoms with Crippen molar-refractivity contribution in [3.8, 4) is 11.5 Å². The van der Waals surface area contributed by atoms with Crippen LogP contribution in [0.4, 0.5) is 0 Å². The number of ether oxygens (including phenoxy) is 2. The molecule has 0 aromatic heterocycles. The molecule has 20 heavy (non-hydrogen) atoms. The van der Waals surface area contributed by atoms with Crippen molar-refractivity contribution in [2.24, 2.45) is 5.92 Å². The van der Waals surface area contributed by atoms with Crippen molar-refractivity contribution in [2.75, 3.05) is 27.3 Å². The third-order valence-electron chi connectivity index (χ3n) is 4.46. The number of likely N-dealkylation sites (tertiary alicyclic amines) is 1. The number of benzene rings is 1. The van der Waals surface area contributed by atoms with E-state index in [-0.39, 0.29) is 11.8 Å². The molecule has 1 aromatic rings. The molecule has 4 nitrogen and oxygen atoms in total. The molecule has 1 N–H and O–H groups in total. The second kappa shape index (κ2) is 6.46. The summed E-state index contributed by atoms with van der Waals surface area (Å²) in [6, 6.07) is 5.86. The summed E-state index contributed by atoms with van der Waals surface area (Å²) in [5.41, 5.74) is 1.16. The lowest BCUT2D eigenvalue weighted by molar-refractivity contribution is -0.0170. The van der Waals surface area contributed by atoms with Crippen molar-refractivity contribution < 1.29 is 14.6 Å². The maximum atomic E-state index is 9.68. The van der Waals surface area contributed by atoms with Crippen LogP contribution in [0.5, 0.6) is 11.5 Å². The SMILES string of the molecule is COc1cc(C(C)N2CCC(C)C(OC)C2)ccc1O. The highest BCUT2D eigenvalue weighted by atomic mass is 16.5. The number of piperidine rings is 1. The first-order valence-corrected chi connectivity index (χ1v) is 7.20. The maximum Gasteiger partial charge on any atom is 0.160 e. The fourth-order valence-electron chi connectivity index (χ4n) is 2.88. The lowest BCUT2D eigenvalue weighted by atomic mass is 9.93. The Morgan fingerprint density at radius 3 is 2.75 bits per heavy atom.